The van der Waals surface area contributed by atoms with Crippen molar-refractivity contribution in [2.45, 2.75) is 6.42 Å². The summed E-state index contributed by atoms with van der Waals surface area (Å²) in [5, 5.41) is 10.8. The molecule has 0 aromatic rings. The third-order valence-electron chi connectivity index (χ3n) is 3.06. The highest BCUT2D eigenvalue weighted by Crippen LogP contribution is 2.47. The Balaban J connectivity index is 2.30. The summed E-state index contributed by atoms with van der Waals surface area (Å²) in [5.74, 6) is -2.96. The van der Waals surface area contributed by atoms with Crippen molar-refractivity contribution < 1.29 is 14.7 Å². The average molecular weight is 180 g/mol. The van der Waals surface area contributed by atoms with Crippen molar-refractivity contribution in [2.24, 2.45) is 29.4 Å². The first kappa shape index (κ1) is 8.29. The van der Waals surface area contributed by atoms with E-state index >= 15 is 0 Å². The fourth-order valence-electron chi connectivity index (χ4n) is 2.53. The average Bonchev–Trinajstić information content (AvgIpc) is 2.60. The summed E-state index contributed by atoms with van der Waals surface area (Å²) in [6, 6.07) is 0. The van der Waals surface area contributed by atoms with Gasteiger partial charge in [0.2, 0.25) is 5.91 Å². The van der Waals surface area contributed by atoms with E-state index in [1.165, 1.54) is 0 Å². The first-order chi connectivity index (χ1) is 6.11. The predicted octanol–water partition coefficient (Wildman–Crippen LogP) is -1.34. The Morgan fingerprint density at radius 2 is 1.77 bits per heavy atom. The summed E-state index contributed by atoms with van der Waals surface area (Å²) in [6.45, 7) is 0. The van der Waals surface area contributed by atoms with E-state index in [0.29, 0.717) is 0 Å². The second-order valence-corrected chi connectivity index (χ2v) is 3.72. The zero-order valence-corrected chi connectivity index (χ0v) is 6.97. The molecule has 0 spiro atoms. The van der Waals surface area contributed by atoms with Gasteiger partial charge in [-0.1, -0.05) is 12.2 Å². The zero-order valence-electron chi connectivity index (χ0n) is 6.97. The molecular formula is C9H10NO3-. The van der Waals surface area contributed by atoms with Crippen molar-refractivity contribution in [1.29, 1.82) is 0 Å². The molecule has 0 aliphatic heterocycles. The Hall–Kier alpha value is -1.32. The normalized spacial score (nSPS) is 40.9. The molecule has 0 unspecified atom stereocenters. The summed E-state index contributed by atoms with van der Waals surface area (Å²) in [7, 11) is 0. The SMILES string of the molecule is NC(=O)[C@H]1[C@@H](C(=O)[O-])[C@@H]2C=C[C@H]1C2. The number of rotatable bonds is 2. The number of fused-ring (bicyclic) bond motifs is 2. The van der Waals surface area contributed by atoms with Crippen LogP contribution in [-0.2, 0) is 9.59 Å². The van der Waals surface area contributed by atoms with Crippen LogP contribution in [-0.4, -0.2) is 11.9 Å². The molecule has 4 heteroatoms. The molecule has 2 rings (SSSR count). The number of carbonyl (C=O) groups excluding carboxylic acids is 2. The van der Waals surface area contributed by atoms with Crippen LogP contribution in [0.4, 0.5) is 0 Å². The van der Waals surface area contributed by atoms with E-state index in [0.717, 1.165) is 6.42 Å². The molecule has 70 valence electrons. The molecule has 2 aliphatic carbocycles. The number of hydrogen-bond donors (Lipinski definition) is 1. The Labute approximate surface area is 75.4 Å². The molecule has 4 atom stereocenters. The van der Waals surface area contributed by atoms with E-state index in [9.17, 15) is 14.7 Å². The van der Waals surface area contributed by atoms with Crippen molar-refractivity contribution in [3.63, 3.8) is 0 Å². The highest BCUT2D eigenvalue weighted by molar-refractivity contribution is 5.85. The van der Waals surface area contributed by atoms with Crippen LogP contribution >= 0.6 is 0 Å². The number of carbonyl (C=O) groups is 2. The third-order valence-corrected chi connectivity index (χ3v) is 3.06. The van der Waals surface area contributed by atoms with Crippen LogP contribution in [0.15, 0.2) is 12.2 Å². The Bertz CT molecular complexity index is 269. The van der Waals surface area contributed by atoms with Crippen LogP contribution in [0.3, 0.4) is 0 Å². The van der Waals surface area contributed by atoms with Crippen LogP contribution in [0.5, 0.6) is 0 Å². The molecule has 13 heavy (non-hydrogen) atoms. The summed E-state index contributed by atoms with van der Waals surface area (Å²) in [4.78, 5) is 21.8. The van der Waals surface area contributed by atoms with Crippen molar-refractivity contribution >= 4 is 11.9 Å². The maximum Gasteiger partial charge on any atom is 0.221 e. The number of nitrogens with two attached hydrogens (primary N) is 1. The highest BCUT2D eigenvalue weighted by Gasteiger charge is 2.47. The maximum absolute atomic E-state index is 11.0. The fraction of sp³-hybridized carbons (Fsp3) is 0.556. The highest BCUT2D eigenvalue weighted by atomic mass is 16.4. The molecule has 0 aromatic heterocycles. The number of carboxylic acid groups (broad SMARTS) is 1. The smallest absolute Gasteiger partial charge is 0.221 e. The van der Waals surface area contributed by atoms with Crippen LogP contribution in [0.2, 0.25) is 0 Å². The first-order valence-corrected chi connectivity index (χ1v) is 4.29. The van der Waals surface area contributed by atoms with Gasteiger partial charge < -0.3 is 15.6 Å². The van der Waals surface area contributed by atoms with E-state index < -0.39 is 23.7 Å². The topological polar surface area (TPSA) is 83.2 Å². The minimum Gasteiger partial charge on any atom is -0.550 e. The van der Waals surface area contributed by atoms with Gasteiger partial charge in [0.15, 0.2) is 0 Å². The molecule has 0 radical (unpaired) electrons. The van der Waals surface area contributed by atoms with E-state index in [1.54, 1.807) is 0 Å². The van der Waals surface area contributed by atoms with Gasteiger partial charge in [-0.3, -0.25) is 4.79 Å². The molecule has 0 heterocycles. The number of aliphatic carboxylic acids is 1. The van der Waals surface area contributed by atoms with E-state index in [1.807, 2.05) is 12.2 Å². The van der Waals surface area contributed by atoms with Gasteiger partial charge in [0.25, 0.3) is 0 Å². The van der Waals surface area contributed by atoms with Crippen molar-refractivity contribution in [3.05, 3.63) is 12.2 Å². The van der Waals surface area contributed by atoms with Crippen LogP contribution < -0.4 is 10.8 Å². The summed E-state index contributed by atoms with van der Waals surface area (Å²) >= 11 is 0. The minimum absolute atomic E-state index is 0.0189. The monoisotopic (exact) mass is 180 g/mol. The summed E-state index contributed by atoms with van der Waals surface area (Å²) in [6.07, 6.45) is 4.47. The molecule has 2 bridgehead atoms. The second-order valence-electron chi connectivity index (χ2n) is 3.72. The standard InChI is InChI=1S/C9H11NO3/c10-8(11)6-4-1-2-5(3-4)7(6)9(12)13/h1-2,4-7H,3H2,(H2,10,11)(H,12,13)/p-1/t4-,5+,6+,7-/m0/s1. The molecule has 4 nitrogen and oxygen atoms in total. The molecule has 1 amide bonds. The Morgan fingerprint density at radius 1 is 1.23 bits per heavy atom. The second kappa shape index (κ2) is 2.58. The molecule has 1 fully saturated rings. The van der Waals surface area contributed by atoms with Crippen LogP contribution in [0.1, 0.15) is 6.42 Å². The summed E-state index contributed by atoms with van der Waals surface area (Å²) < 4.78 is 0. The maximum atomic E-state index is 11.0. The van der Waals surface area contributed by atoms with Crippen LogP contribution in [0, 0.1) is 23.7 Å². The lowest BCUT2D eigenvalue weighted by atomic mass is 9.83. The number of amides is 1. The lowest BCUT2D eigenvalue weighted by Gasteiger charge is -2.25. The number of hydrogen-bond acceptors (Lipinski definition) is 3. The van der Waals surface area contributed by atoms with Gasteiger partial charge in [-0.25, -0.2) is 0 Å². The Morgan fingerprint density at radius 3 is 2.15 bits per heavy atom. The van der Waals surface area contributed by atoms with Crippen LogP contribution in [0.25, 0.3) is 0 Å². The number of carboxylic acids is 1. The van der Waals surface area contributed by atoms with Gasteiger partial charge in [0, 0.05) is 11.9 Å². The molecular weight excluding hydrogens is 170 g/mol. The lowest BCUT2D eigenvalue weighted by Crippen LogP contribution is -2.43. The van der Waals surface area contributed by atoms with E-state index in [2.05, 4.69) is 0 Å². The first-order valence-electron chi connectivity index (χ1n) is 4.29. The quantitative estimate of drug-likeness (QED) is 0.534. The van der Waals surface area contributed by atoms with Gasteiger partial charge in [0.1, 0.15) is 0 Å². The predicted molar refractivity (Wildman–Crippen MR) is 41.9 cm³/mol. The van der Waals surface area contributed by atoms with Crippen molar-refractivity contribution in [1.82, 2.24) is 0 Å². The molecule has 2 N–H and O–H groups in total. The van der Waals surface area contributed by atoms with Crippen molar-refractivity contribution in [2.75, 3.05) is 0 Å². The van der Waals surface area contributed by atoms with E-state index in [-0.39, 0.29) is 11.8 Å². The molecule has 2 aliphatic rings. The molecule has 0 aromatic carbocycles. The van der Waals surface area contributed by atoms with E-state index in [4.69, 9.17) is 5.73 Å². The van der Waals surface area contributed by atoms with Gasteiger partial charge in [-0.2, -0.15) is 0 Å². The van der Waals surface area contributed by atoms with Gasteiger partial charge in [-0.05, 0) is 18.3 Å². The third kappa shape index (κ3) is 1.05. The van der Waals surface area contributed by atoms with Gasteiger partial charge in [-0.15, -0.1) is 0 Å². The number of primary amides is 1. The number of allylic oxidation sites excluding steroid dienone is 2. The fourth-order valence-corrected chi connectivity index (χ4v) is 2.53. The van der Waals surface area contributed by atoms with Crippen molar-refractivity contribution in [3.8, 4) is 0 Å². The van der Waals surface area contributed by atoms with Gasteiger partial charge >= 0.3 is 0 Å². The lowest BCUT2D eigenvalue weighted by molar-refractivity contribution is -0.313. The molecule has 1 saturated carbocycles. The molecule has 0 saturated heterocycles. The van der Waals surface area contributed by atoms with Gasteiger partial charge in [0.05, 0.1) is 5.92 Å². The zero-order chi connectivity index (χ0) is 9.59. The largest absolute Gasteiger partial charge is 0.550 e. The Kier molecular flexibility index (Phi) is 1.65. The summed E-state index contributed by atoms with van der Waals surface area (Å²) in [5.41, 5.74) is 5.15. The minimum atomic E-state index is -1.15.